The van der Waals surface area contributed by atoms with Gasteiger partial charge in [0.15, 0.2) is 0 Å². The minimum atomic E-state index is -1.38. The fraction of sp³-hybridized carbons (Fsp3) is 1.00. The second kappa shape index (κ2) is 4.11. The number of halogens is 2. The van der Waals surface area contributed by atoms with Crippen LogP contribution >= 0.6 is 0 Å². The number of hydrogen-bond donors (Lipinski definition) is 1. The van der Waals surface area contributed by atoms with E-state index in [9.17, 15) is 13.9 Å². The zero-order valence-corrected chi connectivity index (χ0v) is 8.84. The van der Waals surface area contributed by atoms with Crippen molar-refractivity contribution in [2.75, 3.05) is 6.67 Å². The van der Waals surface area contributed by atoms with Crippen molar-refractivity contribution < 1.29 is 18.6 Å². The molecular formula is C10H18F2O2. The third-order valence-corrected chi connectivity index (χ3v) is 2.53. The molecule has 1 aliphatic rings. The molecule has 0 amide bonds. The third kappa shape index (κ3) is 2.42. The molecule has 0 radical (unpaired) electrons. The van der Waals surface area contributed by atoms with Crippen LogP contribution in [0.25, 0.3) is 0 Å². The van der Waals surface area contributed by atoms with Crippen molar-refractivity contribution in [1.29, 1.82) is 0 Å². The predicted octanol–water partition coefficient (Wildman–Crippen LogP) is 1.86. The average molecular weight is 208 g/mol. The van der Waals surface area contributed by atoms with Gasteiger partial charge in [-0.1, -0.05) is 20.8 Å². The highest BCUT2D eigenvalue weighted by molar-refractivity contribution is 4.91. The molecule has 0 aliphatic carbocycles. The monoisotopic (exact) mass is 208 g/mol. The van der Waals surface area contributed by atoms with Gasteiger partial charge < -0.3 is 9.84 Å². The standard InChI is InChI=1S/C10H18F2O2/c1-10(2,3)9-8(13)7(12)4-6(5-11)14-9/h6-9,13H,4-5H2,1-3H3/t6-,7+,8+,9+/m0/s1. The normalized spacial score (nSPS) is 39.9. The van der Waals surface area contributed by atoms with Gasteiger partial charge in [0, 0.05) is 6.42 Å². The number of ether oxygens (including phenoxy) is 1. The third-order valence-electron chi connectivity index (χ3n) is 2.53. The molecule has 0 unspecified atom stereocenters. The molecule has 84 valence electrons. The topological polar surface area (TPSA) is 29.5 Å². The Morgan fingerprint density at radius 2 is 2.00 bits per heavy atom. The molecule has 4 heteroatoms. The molecule has 1 saturated heterocycles. The maximum Gasteiger partial charge on any atom is 0.131 e. The maximum absolute atomic E-state index is 13.3. The average Bonchev–Trinajstić information content (AvgIpc) is 2.07. The molecule has 0 aromatic heterocycles. The van der Waals surface area contributed by atoms with Crippen LogP contribution in [0, 0.1) is 5.41 Å². The van der Waals surface area contributed by atoms with Crippen LogP contribution in [-0.2, 0) is 4.74 Å². The lowest BCUT2D eigenvalue weighted by Gasteiger charge is -2.42. The number of aliphatic hydroxyl groups is 1. The van der Waals surface area contributed by atoms with Gasteiger partial charge in [0.05, 0.1) is 12.2 Å². The van der Waals surface area contributed by atoms with E-state index in [-0.39, 0.29) is 11.8 Å². The van der Waals surface area contributed by atoms with Crippen molar-refractivity contribution in [3.05, 3.63) is 0 Å². The quantitative estimate of drug-likeness (QED) is 0.712. The minimum Gasteiger partial charge on any atom is -0.387 e. The molecule has 14 heavy (non-hydrogen) atoms. The Kier molecular flexibility index (Phi) is 3.48. The zero-order valence-electron chi connectivity index (χ0n) is 8.84. The first-order valence-corrected chi connectivity index (χ1v) is 4.90. The Hall–Kier alpha value is -0.220. The largest absolute Gasteiger partial charge is 0.387 e. The molecule has 0 spiro atoms. The van der Waals surface area contributed by atoms with Crippen molar-refractivity contribution in [1.82, 2.24) is 0 Å². The van der Waals surface area contributed by atoms with Crippen molar-refractivity contribution in [3.8, 4) is 0 Å². The van der Waals surface area contributed by atoms with Crippen LogP contribution < -0.4 is 0 Å². The smallest absolute Gasteiger partial charge is 0.131 e. The van der Waals surface area contributed by atoms with E-state index in [0.29, 0.717) is 0 Å². The summed E-state index contributed by atoms with van der Waals surface area (Å²) < 4.78 is 31.0. The first kappa shape index (κ1) is 11.9. The van der Waals surface area contributed by atoms with Crippen LogP contribution in [0.4, 0.5) is 8.78 Å². The molecule has 0 aromatic rings. The van der Waals surface area contributed by atoms with E-state index >= 15 is 0 Å². The van der Waals surface area contributed by atoms with Gasteiger partial charge in [-0.3, -0.25) is 0 Å². The molecule has 1 heterocycles. The van der Waals surface area contributed by atoms with Gasteiger partial charge in [-0.05, 0) is 5.41 Å². The Balaban J connectivity index is 2.73. The Labute approximate surface area is 83.3 Å². The van der Waals surface area contributed by atoms with Crippen LogP contribution in [0.3, 0.4) is 0 Å². The van der Waals surface area contributed by atoms with Crippen LogP contribution in [0.2, 0.25) is 0 Å². The molecule has 0 aromatic carbocycles. The van der Waals surface area contributed by atoms with Gasteiger partial charge in [-0.2, -0.15) is 0 Å². The lowest BCUT2D eigenvalue weighted by atomic mass is 9.81. The van der Waals surface area contributed by atoms with E-state index in [4.69, 9.17) is 4.74 Å². The molecule has 4 atom stereocenters. The van der Waals surface area contributed by atoms with Crippen molar-refractivity contribution in [2.24, 2.45) is 5.41 Å². The number of aliphatic hydroxyl groups excluding tert-OH is 1. The molecule has 1 aliphatic heterocycles. The van der Waals surface area contributed by atoms with Crippen molar-refractivity contribution in [3.63, 3.8) is 0 Å². The lowest BCUT2D eigenvalue weighted by molar-refractivity contribution is -0.187. The summed E-state index contributed by atoms with van der Waals surface area (Å²) in [5.41, 5.74) is -0.377. The Morgan fingerprint density at radius 3 is 2.43 bits per heavy atom. The van der Waals surface area contributed by atoms with Gasteiger partial charge in [0.1, 0.15) is 19.0 Å². The Bertz CT molecular complexity index is 191. The summed E-state index contributed by atoms with van der Waals surface area (Å²) in [6, 6.07) is 0. The molecular weight excluding hydrogens is 190 g/mol. The highest BCUT2D eigenvalue weighted by Gasteiger charge is 2.43. The van der Waals surface area contributed by atoms with Crippen LogP contribution in [0.15, 0.2) is 0 Å². The SMILES string of the molecule is CC(C)(C)[C@@H]1O[C@H](CF)C[C@@H](F)[C@H]1O. The number of hydrogen-bond acceptors (Lipinski definition) is 2. The van der Waals surface area contributed by atoms with E-state index in [0.717, 1.165) is 0 Å². The second-order valence-electron chi connectivity index (χ2n) is 4.94. The van der Waals surface area contributed by atoms with Crippen LogP contribution in [0.1, 0.15) is 27.2 Å². The van der Waals surface area contributed by atoms with Gasteiger partial charge in [0.2, 0.25) is 0 Å². The summed E-state index contributed by atoms with van der Waals surface area (Å²) in [6.07, 6.45) is -3.92. The molecule has 0 bridgehead atoms. The van der Waals surface area contributed by atoms with Crippen molar-refractivity contribution >= 4 is 0 Å². The molecule has 1 rings (SSSR count). The van der Waals surface area contributed by atoms with Gasteiger partial charge in [-0.15, -0.1) is 0 Å². The second-order valence-corrected chi connectivity index (χ2v) is 4.94. The van der Waals surface area contributed by atoms with E-state index in [2.05, 4.69) is 0 Å². The van der Waals surface area contributed by atoms with Crippen LogP contribution in [0.5, 0.6) is 0 Å². The van der Waals surface area contributed by atoms with E-state index < -0.39 is 31.2 Å². The van der Waals surface area contributed by atoms with Crippen LogP contribution in [-0.4, -0.2) is 36.3 Å². The van der Waals surface area contributed by atoms with E-state index in [1.165, 1.54) is 0 Å². The maximum atomic E-state index is 13.3. The predicted molar refractivity (Wildman–Crippen MR) is 49.6 cm³/mol. The molecule has 2 nitrogen and oxygen atoms in total. The zero-order chi connectivity index (χ0) is 10.9. The summed E-state index contributed by atoms with van der Waals surface area (Å²) in [7, 11) is 0. The lowest BCUT2D eigenvalue weighted by Crippen LogP contribution is -2.52. The summed E-state index contributed by atoms with van der Waals surface area (Å²) in [5, 5.41) is 9.56. The highest BCUT2D eigenvalue weighted by Crippen LogP contribution is 2.33. The fourth-order valence-electron chi connectivity index (χ4n) is 1.74. The summed E-state index contributed by atoms with van der Waals surface area (Å²) in [4.78, 5) is 0. The van der Waals surface area contributed by atoms with E-state index in [1.807, 2.05) is 20.8 Å². The first-order valence-electron chi connectivity index (χ1n) is 4.90. The number of rotatable bonds is 1. The minimum absolute atomic E-state index is 0.0513. The molecule has 0 saturated carbocycles. The summed E-state index contributed by atoms with van der Waals surface area (Å²) >= 11 is 0. The van der Waals surface area contributed by atoms with Crippen molar-refractivity contribution in [2.45, 2.75) is 51.7 Å². The van der Waals surface area contributed by atoms with Gasteiger partial charge in [-0.25, -0.2) is 8.78 Å². The Morgan fingerprint density at radius 1 is 1.43 bits per heavy atom. The highest BCUT2D eigenvalue weighted by atomic mass is 19.1. The first-order chi connectivity index (χ1) is 6.36. The van der Waals surface area contributed by atoms with E-state index in [1.54, 1.807) is 0 Å². The molecule has 1 N–H and O–H groups in total. The molecule has 1 fully saturated rings. The fourth-order valence-corrected chi connectivity index (χ4v) is 1.74. The summed E-state index contributed by atoms with van der Waals surface area (Å²) in [5.74, 6) is 0. The van der Waals surface area contributed by atoms with Gasteiger partial charge in [0.25, 0.3) is 0 Å². The summed E-state index contributed by atoms with van der Waals surface area (Å²) in [6.45, 7) is 4.83. The number of alkyl halides is 2. The van der Waals surface area contributed by atoms with Gasteiger partial charge >= 0.3 is 0 Å².